The van der Waals surface area contributed by atoms with Gasteiger partial charge in [-0.05, 0) is 18.1 Å². The minimum atomic E-state index is -0.399. The molecule has 104 valence electrons. The van der Waals surface area contributed by atoms with Crippen LogP contribution in [0.4, 0.5) is 11.4 Å². The highest BCUT2D eigenvalue weighted by Gasteiger charge is 2.13. The van der Waals surface area contributed by atoms with Gasteiger partial charge in [-0.3, -0.25) is 10.1 Å². The molecular weight excluding hydrogens is 256 g/mol. The molecule has 0 aliphatic heterocycles. The highest BCUT2D eigenvalue weighted by molar-refractivity contribution is 5.64. The predicted molar refractivity (Wildman–Crippen MR) is 78.3 cm³/mol. The van der Waals surface area contributed by atoms with Gasteiger partial charge in [0.15, 0.2) is 0 Å². The lowest BCUT2D eigenvalue weighted by Gasteiger charge is -2.09. The summed E-state index contributed by atoms with van der Waals surface area (Å²) in [7, 11) is 1.54. The van der Waals surface area contributed by atoms with Crippen molar-refractivity contribution in [2.45, 2.75) is 6.42 Å². The first-order valence-corrected chi connectivity index (χ1v) is 6.31. The van der Waals surface area contributed by atoms with Crippen LogP contribution in [-0.2, 0) is 6.42 Å². The fraction of sp³-hybridized carbons (Fsp3) is 0.200. The number of nitro groups is 1. The Morgan fingerprint density at radius 1 is 1.20 bits per heavy atom. The van der Waals surface area contributed by atoms with Gasteiger partial charge in [-0.15, -0.1) is 0 Å². The minimum Gasteiger partial charge on any atom is -0.497 e. The molecular formula is C15H16N2O3. The van der Waals surface area contributed by atoms with Gasteiger partial charge in [0, 0.05) is 18.7 Å². The first-order valence-electron chi connectivity index (χ1n) is 6.31. The number of rotatable bonds is 6. The SMILES string of the molecule is COc1ccc([N+](=O)[O-])c(NCCc2ccccc2)c1. The van der Waals surface area contributed by atoms with Crippen LogP contribution in [0.2, 0.25) is 0 Å². The van der Waals surface area contributed by atoms with Gasteiger partial charge in [0.25, 0.3) is 5.69 Å². The molecule has 0 saturated heterocycles. The summed E-state index contributed by atoms with van der Waals surface area (Å²) in [5.41, 5.74) is 1.72. The van der Waals surface area contributed by atoms with Gasteiger partial charge in [0.2, 0.25) is 0 Å². The smallest absolute Gasteiger partial charge is 0.292 e. The van der Waals surface area contributed by atoms with Crippen LogP contribution < -0.4 is 10.1 Å². The lowest BCUT2D eigenvalue weighted by molar-refractivity contribution is -0.384. The molecule has 5 nitrogen and oxygen atoms in total. The number of nitrogens with zero attached hydrogens (tertiary/aromatic N) is 1. The third-order valence-corrected chi connectivity index (χ3v) is 2.97. The second-order valence-electron chi connectivity index (χ2n) is 4.30. The zero-order valence-corrected chi connectivity index (χ0v) is 11.2. The number of nitrogens with one attached hydrogen (secondary N) is 1. The topological polar surface area (TPSA) is 64.4 Å². The van der Waals surface area contributed by atoms with Crippen LogP contribution in [0.1, 0.15) is 5.56 Å². The Hall–Kier alpha value is -2.56. The molecule has 0 bridgehead atoms. The monoisotopic (exact) mass is 272 g/mol. The fourth-order valence-electron chi connectivity index (χ4n) is 1.93. The maximum atomic E-state index is 11.0. The van der Waals surface area contributed by atoms with Crippen molar-refractivity contribution in [3.05, 3.63) is 64.2 Å². The summed E-state index contributed by atoms with van der Waals surface area (Å²) >= 11 is 0. The molecule has 0 saturated carbocycles. The quantitative estimate of drug-likeness (QED) is 0.647. The summed E-state index contributed by atoms with van der Waals surface area (Å²) in [6.07, 6.45) is 0.801. The van der Waals surface area contributed by atoms with Crippen molar-refractivity contribution in [2.75, 3.05) is 19.0 Å². The van der Waals surface area contributed by atoms with Gasteiger partial charge in [0.05, 0.1) is 12.0 Å². The van der Waals surface area contributed by atoms with Crippen molar-refractivity contribution in [2.24, 2.45) is 0 Å². The van der Waals surface area contributed by atoms with E-state index in [1.54, 1.807) is 12.1 Å². The van der Waals surface area contributed by atoms with E-state index in [2.05, 4.69) is 5.32 Å². The van der Waals surface area contributed by atoms with Crippen LogP contribution >= 0.6 is 0 Å². The van der Waals surface area contributed by atoms with Gasteiger partial charge < -0.3 is 10.1 Å². The molecule has 5 heteroatoms. The summed E-state index contributed by atoms with van der Waals surface area (Å²) in [6.45, 7) is 0.623. The minimum absolute atomic E-state index is 0.0545. The molecule has 0 unspecified atom stereocenters. The first kappa shape index (κ1) is 13.9. The Bertz CT molecular complexity index is 585. The Labute approximate surface area is 117 Å². The molecule has 0 aliphatic carbocycles. The number of anilines is 1. The molecule has 20 heavy (non-hydrogen) atoms. The number of ether oxygens (including phenoxy) is 1. The molecule has 0 radical (unpaired) electrons. The van der Waals surface area contributed by atoms with Crippen molar-refractivity contribution in [1.29, 1.82) is 0 Å². The van der Waals surface area contributed by atoms with E-state index < -0.39 is 4.92 Å². The Balaban J connectivity index is 2.06. The van der Waals surface area contributed by atoms with Crippen molar-refractivity contribution in [3.8, 4) is 5.75 Å². The van der Waals surface area contributed by atoms with E-state index in [9.17, 15) is 10.1 Å². The normalized spacial score (nSPS) is 10.1. The van der Waals surface area contributed by atoms with Crippen LogP contribution in [0, 0.1) is 10.1 Å². The third-order valence-electron chi connectivity index (χ3n) is 2.97. The summed E-state index contributed by atoms with van der Waals surface area (Å²) in [5, 5.41) is 14.1. The van der Waals surface area contributed by atoms with E-state index in [0.717, 1.165) is 6.42 Å². The molecule has 2 aromatic carbocycles. The molecule has 0 heterocycles. The molecule has 2 aromatic rings. The van der Waals surface area contributed by atoms with Crippen molar-refractivity contribution in [1.82, 2.24) is 0 Å². The van der Waals surface area contributed by atoms with Crippen molar-refractivity contribution in [3.63, 3.8) is 0 Å². The molecule has 0 aromatic heterocycles. The molecule has 0 fully saturated rings. The Morgan fingerprint density at radius 2 is 1.95 bits per heavy atom. The average Bonchev–Trinajstić information content (AvgIpc) is 2.48. The van der Waals surface area contributed by atoms with E-state index >= 15 is 0 Å². The maximum Gasteiger partial charge on any atom is 0.292 e. The third kappa shape index (κ3) is 3.47. The zero-order chi connectivity index (χ0) is 14.4. The lowest BCUT2D eigenvalue weighted by atomic mass is 10.1. The fourth-order valence-corrected chi connectivity index (χ4v) is 1.93. The van der Waals surface area contributed by atoms with E-state index in [-0.39, 0.29) is 5.69 Å². The summed E-state index contributed by atoms with van der Waals surface area (Å²) in [5.74, 6) is 0.595. The largest absolute Gasteiger partial charge is 0.497 e. The molecule has 0 amide bonds. The molecule has 1 N–H and O–H groups in total. The van der Waals surface area contributed by atoms with E-state index in [1.807, 2.05) is 30.3 Å². The number of benzene rings is 2. The summed E-state index contributed by atoms with van der Waals surface area (Å²) in [6, 6.07) is 14.6. The number of hydrogen-bond donors (Lipinski definition) is 1. The number of nitro benzene ring substituents is 1. The predicted octanol–water partition coefficient (Wildman–Crippen LogP) is 3.26. The van der Waals surface area contributed by atoms with E-state index in [1.165, 1.54) is 18.7 Å². The number of methoxy groups -OCH3 is 1. The van der Waals surface area contributed by atoms with Gasteiger partial charge in [0.1, 0.15) is 11.4 Å². The second-order valence-corrected chi connectivity index (χ2v) is 4.30. The van der Waals surface area contributed by atoms with Gasteiger partial charge in [-0.1, -0.05) is 30.3 Å². The van der Waals surface area contributed by atoms with Crippen LogP contribution in [0.5, 0.6) is 5.75 Å². The van der Waals surface area contributed by atoms with Gasteiger partial charge in [-0.25, -0.2) is 0 Å². The van der Waals surface area contributed by atoms with Crippen molar-refractivity contribution < 1.29 is 9.66 Å². The van der Waals surface area contributed by atoms with Gasteiger partial charge >= 0.3 is 0 Å². The lowest BCUT2D eigenvalue weighted by Crippen LogP contribution is -2.07. The zero-order valence-electron chi connectivity index (χ0n) is 11.2. The van der Waals surface area contributed by atoms with E-state index in [0.29, 0.717) is 18.0 Å². The van der Waals surface area contributed by atoms with Crippen molar-refractivity contribution >= 4 is 11.4 Å². The molecule has 0 atom stereocenters. The maximum absolute atomic E-state index is 11.0. The standard InChI is InChI=1S/C15H16N2O3/c1-20-13-7-8-15(17(18)19)14(11-13)16-10-9-12-5-3-2-4-6-12/h2-8,11,16H,9-10H2,1H3. The van der Waals surface area contributed by atoms with Gasteiger partial charge in [-0.2, -0.15) is 0 Å². The Morgan fingerprint density at radius 3 is 2.60 bits per heavy atom. The summed E-state index contributed by atoms with van der Waals surface area (Å²) in [4.78, 5) is 10.6. The summed E-state index contributed by atoms with van der Waals surface area (Å²) < 4.78 is 5.09. The van der Waals surface area contributed by atoms with Crippen LogP contribution in [0.25, 0.3) is 0 Å². The van der Waals surface area contributed by atoms with Crippen LogP contribution in [0.3, 0.4) is 0 Å². The molecule has 0 aliphatic rings. The number of hydrogen-bond acceptors (Lipinski definition) is 4. The first-order chi connectivity index (χ1) is 9.70. The van der Waals surface area contributed by atoms with Crippen LogP contribution in [-0.4, -0.2) is 18.6 Å². The molecule has 2 rings (SSSR count). The van der Waals surface area contributed by atoms with E-state index in [4.69, 9.17) is 4.74 Å². The highest BCUT2D eigenvalue weighted by Crippen LogP contribution is 2.28. The molecule has 0 spiro atoms. The highest BCUT2D eigenvalue weighted by atomic mass is 16.6. The second kappa shape index (κ2) is 6.56. The van der Waals surface area contributed by atoms with Crippen LogP contribution in [0.15, 0.2) is 48.5 Å². The Kier molecular flexibility index (Phi) is 4.55. The average molecular weight is 272 g/mol.